The second-order valence-electron chi connectivity index (χ2n) is 12.7. The van der Waals surface area contributed by atoms with E-state index in [9.17, 15) is 14.4 Å². The minimum atomic E-state index is -0.613. The lowest BCUT2D eigenvalue weighted by Crippen LogP contribution is -2.49. The summed E-state index contributed by atoms with van der Waals surface area (Å²) in [6.07, 6.45) is 13.7. The van der Waals surface area contributed by atoms with Gasteiger partial charge in [-0.3, -0.25) is 9.59 Å². The van der Waals surface area contributed by atoms with Gasteiger partial charge in [-0.2, -0.15) is 0 Å². The number of carbonyl (C=O) groups excluding carboxylic acids is 3. The van der Waals surface area contributed by atoms with Gasteiger partial charge in [-0.25, -0.2) is 4.79 Å². The summed E-state index contributed by atoms with van der Waals surface area (Å²) in [6, 6.07) is 11.5. The SMILES string of the molecule is COCC(=O)NCCCC/C=C/[C@H](OC)[C@@H]1CC[C@H]1CN1C[C@@]2(CCCc3cc(Cl)ccc32)COc2ccc(C(=O)N=C=O)cc21. The van der Waals surface area contributed by atoms with E-state index in [0.717, 1.165) is 80.9 Å². The van der Waals surface area contributed by atoms with E-state index < -0.39 is 5.91 Å². The van der Waals surface area contributed by atoms with E-state index in [1.54, 1.807) is 13.2 Å². The fourth-order valence-electron chi connectivity index (χ4n) is 7.31. The average Bonchev–Trinajstić information content (AvgIpc) is 3.19. The summed E-state index contributed by atoms with van der Waals surface area (Å²) in [5.41, 5.74) is 3.50. The Hall–Kier alpha value is -3.49. The highest BCUT2D eigenvalue weighted by Gasteiger charge is 2.44. The van der Waals surface area contributed by atoms with Crippen molar-refractivity contribution >= 4 is 35.2 Å². The summed E-state index contributed by atoms with van der Waals surface area (Å²) >= 11 is 6.41. The normalized spacial score (nSPS) is 22.5. The number of rotatable bonds is 13. The molecule has 1 N–H and O–H groups in total. The molecule has 5 rings (SSSR count). The van der Waals surface area contributed by atoms with Gasteiger partial charge in [0.05, 0.1) is 18.4 Å². The number of isocyanates is 1. The summed E-state index contributed by atoms with van der Waals surface area (Å²) < 4.78 is 17.4. The molecule has 0 bridgehead atoms. The van der Waals surface area contributed by atoms with Crippen molar-refractivity contribution in [2.45, 2.75) is 62.9 Å². The van der Waals surface area contributed by atoms with Crippen LogP contribution in [0.5, 0.6) is 5.75 Å². The second kappa shape index (κ2) is 15.9. The number of allylic oxidation sites excluding steroid dienone is 1. The quantitative estimate of drug-likeness (QED) is 0.126. The predicted molar refractivity (Wildman–Crippen MR) is 178 cm³/mol. The molecule has 2 aromatic carbocycles. The summed E-state index contributed by atoms with van der Waals surface area (Å²) in [5.74, 6) is 0.765. The van der Waals surface area contributed by atoms with Gasteiger partial charge in [0.2, 0.25) is 12.0 Å². The number of fused-ring (bicyclic) bond motifs is 3. The summed E-state index contributed by atoms with van der Waals surface area (Å²) in [5, 5.41) is 3.60. The molecule has 2 aliphatic carbocycles. The lowest BCUT2D eigenvalue weighted by atomic mass is 9.68. The van der Waals surface area contributed by atoms with Gasteiger partial charge in [-0.05, 0) is 105 Å². The van der Waals surface area contributed by atoms with Crippen LogP contribution in [0.4, 0.5) is 5.69 Å². The number of hydrogen-bond acceptors (Lipinski definition) is 7. The largest absolute Gasteiger partial charge is 0.490 e. The Bertz CT molecular complexity index is 1470. The van der Waals surface area contributed by atoms with Gasteiger partial charge in [0, 0.05) is 49.9 Å². The minimum absolute atomic E-state index is 0.00389. The van der Waals surface area contributed by atoms with Crippen molar-refractivity contribution < 1.29 is 28.6 Å². The maximum atomic E-state index is 12.6. The van der Waals surface area contributed by atoms with Crippen molar-refractivity contribution in [3.8, 4) is 5.75 Å². The number of benzene rings is 2. The van der Waals surface area contributed by atoms with E-state index >= 15 is 0 Å². The summed E-state index contributed by atoms with van der Waals surface area (Å²) in [4.78, 5) is 40.7. The van der Waals surface area contributed by atoms with Gasteiger partial charge in [0.15, 0.2) is 0 Å². The molecular formula is C36H44ClN3O6. The zero-order valence-electron chi connectivity index (χ0n) is 26.8. The molecule has 1 saturated carbocycles. The number of methoxy groups -OCH3 is 2. The highest BCUT2D eigenvalue weighted by Crippen LogP contribution is 2.47. The first kappa shape index (κ1) is 33.9. The van der Waals surface area contributed by atoms with Crippen molar-refractivity contribution in [3.63, 3.8) is 0 Å². The lowest BCUT2D eigenvalue weighted by molar-refractivity contribution is -0.124. The number of aryl methyl sites for hydroxylation is 1. The fourth-order valence-corrected chi connectivity index (χ4v) is 7.51. The number of halogens is 1. The molecule has 1 fully saturated rings. The molecule has 246 valence electrons. The zero-order valence-corrected chi connectivity index (χ0v) is 27.5. The molecule has 46 heavy (non-hydrogen) atoms. The number of aliphatic imine (C=N–C) groups is 1. The molecule has 0 aromatic heterocycles. The van der Waals surface area contributed by atoms with Crippen molar-refractivity contribution in [1.82, 2.24) is 5.32 Å². The second-order valence-corrected chi connectivity index (χ2v) is 13.1. The van der Waals surface area contributed by atoms with Crippen molar-refractivity contribution in [2.75, 3.05) is 52.0 Å². The number of nitrogens with zero attached hydrogens (tertiary/aromatic N) is 2. The Kier molecular flexibility index (Phi) is 11.7. The molecule has 0 saturated heterocycles. The van der Waals surface area contributed by atoms with E-state index in [1.165, 1.54) is 24.3 Å². The van der Waals surface area contributed by atoms with Crippen LogP contribution >= 0.6 is 11.6 Å². The Morgan fingerprint density at radius 3 is 2.85 bits per heavy atom. The van der Waals surface area contributed by atoms with Crippen molar-refractivity contribution in [3.05, 3.63) is 70.3 Å². The molecule has 2 aromatic rings. The van der Waals surface area contributed by atoms with E-state index in [4.69, 9.17) is 25.8 Å². The standard InChI is InChI=1S/C36H44ClN3O6/c1-44-21-34(42)38-17-6-4-3-5-9-32(45-2)29-13-10-27(29)20-40-22-36(16-7-8-25-18-28(37)12-14-30(25)36)23-46-33-15-11-26(19-31(33)40)35(43)39-24-41/h5,9,11-12,14-15,18-19,27,29,32H,3-4,6-8,10,13,16-17,20-23H2,1-2H3,(H,38,42)/b9-5+/t27-,29+,32-,36-/m0/s1. The van der Waals surface area contributed by atoms with Crippen LogP contribution in [-0.4, -0.2) is 71.1 Å². The van der Waals surface area contributed by atoms with E-state index in [-0.39, 0.29) is 24.0 Å². The van der Waals surface area contributed by atoms with Gasteiger partial charge >= 0.3 is 0 Å². The van der Waals surface area contributed by atoms with Crippen LogP contribution in [0.3, 0.4) is 0 Å². The molecule has 1 spiro atoms. The van der Waals surface area contributed by atoms with Crippen LogP contribution in [0.2, 0.25) is 5.02 Å². The number of anilines is 1. The highest BCUT2D eigenvalue weighted by atomic mass is 35.5. The highest BCUT2D eigenvalue weighted by molar-refractivity contribution is 6.30. The molecule has 0 unspecified atom stereocenters. The first-order valence-corrected chi connectivity index (χ1v) is 16.6. The first-order chi connectivity index (χ1) is 22.4. The smallest absolute Gasteiger partial charge is 0.287 e. The number of amides is 2. The molecule has 2 amide bonds. The molecule has 3 aliphatic rings. The van der Waals surface area contributed by atoms with Crippen LogP contribution in [-0.2, 0) is 30.9 Å². The van der Waals surface area contributed by atoms with Crippen LogP contribution < -0.4 is 15.0 Å². The molecule has 4 atom stereocenters. The molecule has 10 heteroatoms. The van der Waals surface area contributed by atoms with Gasteiger partial charge in [-0.15, -0.1) is 4.99 Å². The van der Waals surface area contributed by atoms with Crippen LogP contribution in [0.25, 0.3) is 0 Å². The molecule has 1 heterocycles. The van der Waals surface area contributed by atoms with Crippen molar-refractivity contribution in [2.24, 2.45) is 16.8 Å². The fraction of sp³-hybridized carbons (Fsp3) is 0.528. The van der Waals surface area contributed by atoms with Gasteiger partial charge in [0.1, 0.15) is 12.4 Å². The van der Waals surface area contributed by atoms with E-state index in [0.29, 0.717) is 30.6 Å². The lowest BCUT2D eigenvalue weighted by Gasteiger charge is -2.46. The molecular weight excluding hydrogens is 606 g/mol. The predicted octanol–water partition coefficient (Wildman–Crippen LogP) is 5.82. The van der Waals surface area contributed by atoms with Gasteiger partial charge in [0.25, 0.3) is 5.91 Å². The Morgan fingerprint density at radius 1 is 1.22 bits per heavy atom. The third kappa shape index (κ3) is 7.89. The zero-order chi connectivity index (χ0) is 32.5. The van der Waals surface area contributed by atoms with Crippen molar-refractivity contribution in [1.29, 1.82) is 0 Å². The number of nitrogens with one attached hydrogen (secondary N) is 1. The van der Waals surface area contributed by atoms with E-state index in [2.05, 4.69) is 39.5 Å². The molecule has 9 nitrogen and oxygen atoms in total. The topological polar surface area (TPSA) is 107 Å². The molecule has 1 aliphatic heterocycles. The Labute approximate surface area is 276 Å². The van der Waals surface area contributed by atoms with Crippen LogP contribution in [0.15, 0.2) is 53.5 Å². The third-order valence-electron chi connectivity index (χ3n) is 9.78. The summed E-state index contributed by atoms with van der Waals surface area (Å²) in [7, 11) is 3.29. The molecule has 0 radical (unpaired) electrons. The first-order valence-electron chi connectivity index (χ1n) is 16.3. The maximum absolute atomic E-state index is 12.6. The third-order valence-corrected chi connectivity index (χ3v) is 10.0. The minimum Gasteiger partial charge on any atom is -0.490 e. The Balaban J connectivity index is 1.33. The summed E-state index contributed by atoms with van der Waals surface area (Å²) in [6.45, 7) is 2.78. The van der Waals surface area contributed by atoms with E-state index in [1.807, 2.05) is 18.2 Å². The monoisotopic (exact) mass is 649 g/mol. The number of ether oxygens (including phenoxy) is 3. The number of hydrogen-bond donors (Lipinski definition) is 1. The van der Waals surface area contributed by atoms with Crippen LogP contribution in [0.1, 0.15) is 66.4 Å². The van der Waals surface area contributed by atoms with Crippen LogP contribution in [0, 0.1) is 11.8 Å². The van der Waals surface area contributed by atoms with Gasteiger partial charge in [-0.1, -0.05) is 29.8 Å². The Morgan fingerprint density at radius 2 is 2.09 bits per heavy atom. The number of unbranched alkanes of at least 4 members (excludes halogenated alkanes) is 2. The average molecular weight is 650 g/mol. The number of carbonyl (C=O) groups is 2. The van der Waals surface area contributed by atoms with Gasteiger partial charge < -0.3 is 24.4 Å². The maximum Gasteiger partial charge on any atom is 0.287 e.